The van der Waals surface area contributed by atoms with E-state index < -0.39 is 0 Å². The SMILES string of the molecule is C[C@H](NC(=O)N1CCO[C@H](CCc2ccccc2)C1)c1ccncc1. The molecule has 0 radical (unpaired) electrons. The smallest absolute Gasteiger partial charge is 0.318 e. The third kappa shape index (κ3) is 5.03. The first-order valence-electron chi connectivity index (χ1n) is 8.83. The van der Waals surface area contributed by atoms with Crippen molar-refractivity contribution in [3.63, 3.8) is 0 Å². The molecule has 5 nitrogen and oxygen atoms in total. The Kier molecular flexibility index (Phi) is 6.01. The van der Waals surface area contributed by atoms with Gasteiger partial charge in [-0.25, -0.2) is 4.79 Å². The first kappa shape index (κ1) is 17.4. The fourth-order valence-corrected chi connectivity index (χ4v) is 3.06. The highest BCUT2D eigenvalue weighted by Crippen LogP contribution is 2.15. The van der Waals surface area contributed by atoms with Crippen molar-refractivity contribution >= 4 is 6.03 Å². The van der Waals surface area contributed by atoms with Gasteiger partial charge < -0.3 is 15.0 Å². The lowest BCUT2D eigenvalue weighted by Gasteiger charge is -2.34. The fourth-order valence-electron chi connectivity index (χ4n) is 3.06. The third-order valence-corrected chi connectivity index (χ3v) is 4.57. The van der Waals surface area contributed by atoms with E-state index in [0.717, 1.165) is 18.4 Å². The quantitative estimate of drug-likeness (QED) is 0.910. The molecule has 1 N–H and O–H groups in total. The number of carbonyl (C=O) groups excluding carboxylic acids is 1. The molecule has 3 rings (SSSR count). The molecule has 0 unspecified atom stereocenters. The van der Waals surface area contributed by atoms with Crippen LogP contribution in [0.1, 0.15) is 30.5 Å². The molecular weight excluding hydrogens is 314 g/mol. The molecule has 1 aliphatic rings. The number of carbonyl (C=O) groups is 1. The topological polar surface area (TPSA) is 54.5 Å². The summed E-state index contributed by atoms with van der Waals surface area (Å²) in [4.78, 5) is 18.4. The molecule has 5 heteroatoms. The fraction of sp³-hybridized carbons (Fsp3) is 0.400. The van der Waals surface area contributed by atoms with Gasteiger partial charge >= 0.3 is 6.03 Å². The Morgan fingerprint density at radius 2 is 2.04 bits per heavy atom. The molecule has 1 fully saturated rings. The molecule has 2 atom stereocenters. The minimum atomic E-state index is -0.0406. The second kappa shape index (κ2) is 8.62. The number of aryl methyl sites for hydroxylation is 1. The number of nitrogens with zero attached hydrogens (tertiary/aromatic N) is 2. The van der Waals surface area contributed by atoms with E-state index in [2.05, 4.69) is 34.6 Å². The Morgan fingerprint density at radius 1 is 1.28 bits per heavy atom. The highest BCUT2D eigenvalue weighted by molar-refractivity contribution is 5.74. The van der Waals surface area contributed by atoms with Gasteiger partial charge in [-0.3, -0.25) is 4.98 Å². The van der Waals surface area contributed by atoms with Crippen molar-refractivity contribution in [1.29, 1.82) is 0 Å². The van der Waals surface area contributed by atoms with Gasteiger partial charge in [0.2, 0.25) is 0 Å². The summed E-state index contributed by atoms with van der Waals surface area (Å²) in [6, 6.07) is 14.2. The lowest BCUT2D eigenvalue weighted by atomic mass is 10.1. The zero-order chi connectivity index (χ0) is 17.5. The van der Waals surface area contributed by atoms with Crippen LogP contribution in [0.15, 0.2) is 54.9 Å². The minimum absolute atomic E-state index is 0.0303. The van der Waals surface area contributed by atoms with Gasteiger partial charge in [0.1, 0.15) is 0 Å². The van der Waals surface area contributed by atoms with Gasteiger partial charge in [-0.2, -0.15) is 0 Å². The predicted octanol–water partition coefficient (Wildman–Crippen LogP) is 3.19. The number of morpholine rings is 1. The largest absolute Gasteiger partial charge is 0.375 e. The molecule has 1 aromatic heterocycles. The van der Waals surface area contributed by atoms with Crippen LogP contribution in [0.2, 0.25) is 0 Å². The number of ether oxygens (including phenoxy) is 1. The summed E-state index contributed by atoms with van der Waals surface area (Å²) in [6.07, 6.45) is 5.47. The number of urea groups is 1. The molecule has 25 heavy (non-hydrogen) atoms. The summed E-state index contributed by atoms with van der Waals surface area (Å²) in [5, 5.41) is 3.06. The van der Waals surface area contributed by atoms with Crippen LogP contribution in [0.25, 0.3) is 0 Å². The van der Waals surface area contributed by atoms with E-state index in [0.29, 0.717) is 19.7 Å². The van der Waals surface area contributed by atoms with E-state index in [1.54, 1.807) is 12.4 Å². The van der Waals surface area contributed by atoms with E-state index in [1.807, 2.05) is 30.0 Å². The van der Waals surface area contributed by atoms with Gasteiger partial charge in [-0.15, -0.1) is 0 Å². The number of hydrogen-bond donors (Lipinski definition) is 1. The number of benzene rings is 1. The number of aromatic nitrogens is 1. The molecular formula is C20H25N3O2. The number of amides is 2. The second-order valence-electron chi connectivity index (χ2n) is 6.41. The van der Waals surface area contributed by atoms with Gasteiger partial charge in [-0.05, 0) is 43.0 Å². The second-order valence-corrected chi connectivity index (χ2v) is 6.41. The predicted molar refractivity (Wildman–Crippen MR) is 97.3 cm³/mol. The zero-order valence-electron chi connectivity index (χ0n) is 14.6. The van der Waals surface area contributed by atoms with Crippen molar-refractivity contribution in [1.82, 2.24) is 15.2 Å². The third-order valence-electron chi connectivity index (χ3n) is 4.57. The van der Waals surface area contributed by atoms with Gasteiger partial charge in [0.25, 0.3) is 0 Å². The molecule has 0 saturated carbocycles. The van der Waals surface area contributed by atoms with Crippen LogP contribution in [-0.4, -0.2) is 41.7 Å². The Balaban J connectivity index is 1.49. The average Bonchev–Trinajstić information content (AvgIpc) is 2.68. The summed E-state index contributed by atoms with van der Waals surface area (Å²) in [5.74, 6) is 0. The van der Waals surface area contributed by atoms with Crippen molar-refractivity contribution in [2.24, 2.45) is 0 Å². The lowest BCUT2D eigenvalue weighted by Crippen LogP contribution is -2.50. The minimum Gasteiger partial charge on any atom is -0.375 e. The summed E-state index contributed by atoms with van der Waals surface area (Å²) in [7, 11) is 0. The van der Waals surface area contributed by atoms with Crippen LogP contribution in [0.3, 0.4) is 0 Å². The van der Waals surface area contributed by atoms with Crippen LogP contribution >= 0.6 is 0 Å². The Morgan fingerprint density at radius 3 is 2.80 bits per heavy atom. The first-order chi connectivity index (χ1) is 12.2. The maximum Gasteiger partial charge on any atom is 0.318 e. The molecule has 1 aliphatic heterocycles. The Labute approximate surface area is 149 Å². The summed E-state index contributed by atoms with van der Waals surface area (Å²) < 4.78 is 5.84. The molecule has 0 spiro atoms. The molecule has 1 saturated heterocycles. The highest BCUT2D eigenvalue weighted by atomic mass is 16.5. The van der Waals surface area contributed by atoms with Crippen LogP contribution < -0.4 is 5.32 Å². The van der Waals surface area contributed by atoms with Crippen molar-refractivity contribution in [2.75, 3.05) is 19.7 Å². The molecule has 2 heterocycles. The van der Waals surface area contributed by atoms with Crippen molar-refractivity contribution in [3.05, 3.63) is 66.0 Å². The normalized spacial score (nSPS) is 18.6. The molecule has 0 bridgehead atoms. The van der Waals surface area contributed by atoms with Gasteiger partial charge in [0.15, 0.2) is 0 Å². The molecule has 0 aliphatic carbocycles. The van der Waals surface area contributed by atoms with Crippen LogP contribution in [0.4, 0.5) is 4.79 Å². The summed E-state index contributed by atoms with van der Waals surface area (Å²) in [5.41, 5.74) is 2.36. The zero-order valence-corrected chi connectivity index (χ0v) is 14.6. The Bertz CT molecular complexity index is 663. The van der Waals surface area contributed by atoms with E-state index >= 15 is 0 Å². The first-order valence-corrected chi connectivity index (χ1v) is 8.83. The monoisotopic (exact) mass is 339 g/mol. The van der Waals surface area contributed by atoms with Crippen molar-refractivity contribution in [2.45, 2.75) is 31.9 Å². The van der Waals surface area contributed by atoms with Crippen molar-refractivity contribution in [3.8, 4) is 0 Å². The van der Waals surface area contributed by atoms with Gasteiger partial charge in [-0.1, -0.05) is 30.3 Å². The van der Waals surface area contributed by atoms with E-state index in [-0.39, 0.29) is 18.2 Å². The summed E-state index contributed by atoms with van der Waals surface area (Å²) in [6.45, 7) is 3.86. The molecule has 132 valence electrons. The summed E-state index contributed by atoms with van der Waals surface area (Å²) >= 11 is 0. The van der Waals surface area contributed by atoms with Gasteiger partial charge in [0.05, 0.1) is 18.8 Å². The van der Waals surface area contributed by atoms with E-state index in [1.165, 1.54) is 5.56 Å². The number of rotatable bonds is 5. The number of nitrogens with one attached hydrogen (secondary N) is 1. The Hall–Kier alpha value is -2.40. The highest BCUT2D eigenvalue weighted by Gasteiger charge is 2.25. The van der Waals surface area contributed by atoms with Gasteiger partial charge in [0, 0.05) is 25.5 Å². The lowest BCUT2D eigenvalue weighted by molar-refractivity contribution is -0.0179. The number of pyridine rings is 1. The van der Waals surface area contributed by atoms with E-state index in [9.17, 15) is 4.79 Å². The maximum absolute atomic E-state index is 12.5. The average molecular weight is 339 g/mol. The van der Waals surface area contributed by atoms with Crippen LogP contribution in [-0.2, 0) is 11.2 Å². The van der Waals surface area contributed by atoms with Crippen molar-refractivity contribution < 1.29 is 9.53 Å². The number of hydrogen-bond acceptors (Lipinski definition) is 3. The molecule has 2 aromatic rings. The van der Waals surface area contributed by atoms with Crippen LogP contribution in [0.5, 0.6) is 0 Å². The standard InChI is InChI=1S/C20H25N3O2/c1-16(18-9-11-21-12-10-18)22-20(24)23-13-14-25-19(15-23)8-7-17-5-3-2-4-6-17/h2-6,9-12,16,19H,7-8,13-15H2,1H3,(H,22,24)/t16-,19+/m0/s1. The molecule has 1 aromatic carbocycles. The molecule has 2 amide bonds. The maximum atomic E-state index is 12.5. The van der Waals surface area contributed by atoms with Crippen LogP contribution in [0, 0.1) is 0 Å². The van der Waals surface area contributed by atoms with E-state index in [4.69, 9.17) is 4.74 Å².